The van der Waals surface area contributed by atoms with Gasteiger partial charge < -0.3 is 9.73 Å². The molecule has 94 valence electrons. The number of nitro groups is 1. The van der Waals surface area contributed by atoms with Gasteiger partial charge in [-0.3, -0.25) is 10.1 Å². The molecule has 0 saturated heterocycles. The predicted octanol–water partition coefficient (Wildman–Crippen LogP) is 3.09. The quantitative estimate of drug-likeness (QED) is 0.665. The molecule has 2 aromatic rings. The first kappa shape index (κ1) is 11.0. The Balaban J connectivity index is 1.93. The number of aromatic nitrogens is 1. The number of nitrogens with one attached hydrogen (secondary N) is 1. The number of nitrogens with zero attached hydrogens (tertiary/aromatic N) is 2. The van der Waals surface area contributed by atoms with Gasteiger partial charge in [-0.1, -0.05) is 0 Å². The standard InChI is InChI=1S/C12H13N3O3/c1-12(5-2-6-12)14-11-13-9-7-8(15(16)17)3-4-10(9)18-11/h3-4,7H,2,5-6H2,1H3,(H,13,14). The second-order valence-corrected chi connectivity index (χ2v) is 4.97. The van der Waals surface area contributed by atoms with Crippen LogP contribution in [0.1, 0.15) is 26.2 Å². The molecule has 18 heavy (non-hydrogen) atoms. The van der Waals surface area contributed by atoms with Gasteiger partial charge in [0.05, 0.1) is 4.92 Å². The highest BCUT2D eigenvalue weighted by Gasteiger charge is 2.32. The average molecular weight is 247 g/mol. The van der Waals surface area contributed by atoms with Gasteiger partial charge in [0.2, 0.25) is 0 Å². The van der Waals surface area contributed by atoms with Crippen molar-refractivity contribution in [1.29, 1.82) is 0 Å². The molecule has 1 aliphatic rings. The molecule has 1 heterocycles. The third kappa shape index (κ3) is 1.79. The number of hydrogen-bond donors (Lipinski definition) is 1. The molecular formula is C12H13N3O3. The Hall–Kier alpha value is -2.11. The molecule has 1 N–H and O–H groups in total. The van der Waals surface area contributed by atoms with E-state index in [0.717, 1.165) is 12.8 Å². The maximum absolute atomic E-state index is 10.7. The molecule has 1 fully saturated rings. The Morgan fingerprint density at radius 1 is 1.50 bits per heavy atom. The zero-order valence-corrected chi connectivity index (χ0v) is 9.97. The lowest BCUT2D eigenvalue weighted by Crippen LogP contribution is -2.41. The molecule has 3 rings (SSSR count). The Morgan fingerprint density at radius 2 is 2.28 bits per heavy atom. The number of nitro benzene ring substituents is 1. The fraction of sp³-hybridized carbons (Fsp3) is 0.417. The van der Waals surface area contributed by atoms with Crippen LogP contribution in [0.25, 0.3) is 11.1 Å². The van der Waals surface area contributed by atoms with Crippen molar-refractivity contribution < 1.29 is 9.34 Å². The molecule has 0 radical (unpaired) electrons. The van der Waals surface area contributed by atoms with Gasteiger partial charge in [-0.25, -0.2) is 0 Å². The molecule has 0 unspecified atom stereocenters. The molecule has 0 aliphatic heterocycles. The summed E-state index contributed by atoms with van der Waals surface area (Å²) < 4.78 is 5.53. The third-order valence-corrected chi connectivity index (χ3v) is 3.45. The second kappa shape index (κ2) is 3.69. The van der Waals surface area contributed by atoms with Gasteiger partial charge in [-0.2, -0.15) is 4.98 Å². The van der Waals surface area contributed by atoms with E-state index in [1.54, 1.807) is 6.07 Å². The number of rotatable bonds is 3. The maximum Gasteiger partial charge on any atom is 0.296 e. The van der Waals surface area contributed by atoms with Crippen LogP contribution < -0.4 is 5.32 Å². The van der Waals surface area contributed by atoms with Gasteiger partial charge in [0, 0.05) is 17.7 Å². The number of oxazole rings is 1. The Bertz CT molecular complexity index is 616. The normalized spacial score (nSPS) is 17.4. The molecule has 0 atom stereocenters. The van der Waals surface area contributed by atoms with Crippen molar-refractivity contribution in [3.63, 3.8) is 0 Å². The molecule has 1 aromatic heterocycles. The lowest BCUT2D eigenvalue weighted by Gasteiger charge is -2.38. The molecule has 1 aromatic carbocycles. The van der Waals surface area contributed by atoms with Gasteiger partial charge in [0.1, 0.15) is 5.52 Å². The van der Waals surface area contributed by atoms with Crippen LogP contribution in [0.15, 0.2) is 22.6 Å². The second-order valence-electron chi connectivity index (χ2n) is 4.97. The minimum absolute atomic E-state index is 0.0252. The van der Waals surface area contributed by atoms with Crippen LogP contribution in [-0.2, 0) is 0 Å². The Morgan fingerprint density at radius 3 is 2.89 bits per heavy atom. The van der Waals surface area contributed by atoms with Crippen LogP contribution in [0.4, 0.5) is 11.7 Å². The van der Waals surface area contributed by atoms with Crippen LogP contribution in [0.5, 0.6) is 0 Å². The minimum atomic E-state index is -0.436. The highest BCUT2D eigenvalue weighted by Crippen LogP contribution is 2.35. The highest BCUT2D eigenvalue weighted by atomic mass is 16.6. The van der Waals surface area contributed by atoms with Crippen molar-refractivity contribution >= 4 is 22.8 Å². The fourth-order valence-corrected chi connectivity index (χ4v) is 2.17. The SMILES string of the molecule is CC1(Nc2nc3cc([N+](=O)[O-])ccc3o2)CCC1. The zero-order chi connectivity index (χ0) is 12.8. The summed E-state index contributed by atoms with van der Waals surface area (Å²) in [5.74, 6) is 0. The molecule has 0 spiro atoms. The lowest BCUT2D eigenvalue weighted by atomic mass is 9.79. The Labute approximate surface area is 103 Å². The van der Waals surface area contributed by atoms with Crippen molar-refractivity contribution in [2.24, 2.45) is 0 Å². The number of fused-ring (bicyclic) bond motifs is 1. The summed E-state index contributed by atoms with van der Waals surface area (Å²) in [6.07, 6.45) is 3.38. The van der Waals surface area contributed by atoms with Gasteiger partial charge in [0.25, 0.3) is 11.7 Å². The number of hydrogen-bond acceptors (Lipinski definition) is 5. The average Bonchev–Trinajstić information content (AvgIpc) is 2.67. The van der Waals surface area contributed by atoms with E-state index in [4.69, 9.17) is 4.42 Å². The predicted molar refractivity (Wildman–Crippen MR) is 66.5 cm³/mol. The number of non-ortho nitro benzene ring substituents is 1. The van der Waals surface area contributed by atoms with Gasteiger partial charge >= 0.3 is 0 Å². The largest absolute Gasteiger partial charge is 0.424 e. The highest BCUT2D eigenvalue weighted by molar-refractivity contribution is 5.77. The zero-order valence-electron chi connectivity index (χ0n) is 9.97. The first-order valence-corrected chi connectivity index (χ1v) is 5.89. The third-order valence-electron chi connectivity index (χ3n) is 3.45. The summed E-state index contributed by atoms with van der Waals surface area (Å²) in [6.45, 7) is 2.12. The first-order chi connectivity index (χ1) is 8.56. The van der Waals surface area contributed by atoms with Crippen molar-refractivity contribution in [3.8, 4) is 0 Å². The van der Waals surface area contributed by atoms with Gasteiger partial charge in [0.15, 0.2) is 5.58 Å². The summed E-state index contributed by atoms with van der Waals surface area (Å²) in [7, 11) is 0. The van der Waals surface area contributed by atoms with E-state index in [-0.39, 0.29) is 11.2 Å². The van der Waals surface area contributed by atoms with Crippen molar-refractivity contribution in [2.75, 3.05) is 5.32 Å². The minimum Gasteiger partial charge on any atom is -0.424 e. The van der Waals surface area contributed by atoms with E-state index in [2.05, 4.69) is 17.2 Å². The van der Waals surface area contributed by atoms with Crippen molar-refractivity contribution in [2.45, 2.75) is 31.7 Å². The first-order valence-electron chi connectivity index (χ1n) is 5.89. The monoisotopic (exact) mass is 247 g/mol. The van der Waals surface area contributed by atoms with Crippen LogP contribution >= 0.6 is 0 Å². The topological polar surface area (TPSA) is 81.2 Å². The van der Waals surface area contributed by atoms with E-state index in [9.17, 15) is 10.1 Å². The molecular weight excluding hydrogens is 234 g/mol. The van der Waals surface area contributed by atoms with Crippen LogP contribution in [-0.4, -0.2) is 15.4 Å². The van der Waals surface area contributed by atoms with Gasteiger partial charge in [-0.15, -0.1) is 0 Å². The van der Waals surface area contributed by atoms with E-state index in [1.165, 1.54) is 18.6 Å². The molecule has 0 amide bonds. The molecule has 1 aliphatic carbocycles. The van der Waals surface area contributed by atoms with Crippen molar-refractivity contribution in [3.05, 3.63) is 28.3 Å². The molecule has 6 nitrogen and oxygen atoms in total. The number of anilines is 1. The van der Waals surface area contributed by atoms with Gasteiger partial charge in [-0.05, 0) is 32.3 Å². The molecule has 0 bridgehead atoms. The van der Waals surface area contributed by atoms with Crippen LogP contribution in [0.3, 0.4) is 0 Å². The summed E-state index contributed by atoms with van der Waals surface area (Å²) in [6, 6.07) is 4.86. The van der Waals surface area contributed by atoms with Crippen molar-refractivity contribution in [1.82, 2.24) is 4.98 Å². The summed E-state index contributed by atoms with van der Waals surface area (Å²) in [5.41, 5.74) is 1.14. The van der Waals surface area contributed by atoms with E-state index >= 15 is 0 Å². The smallest absolute Gasteiger partial charge is 0.296 e. The summed E-state index contributed by atoms with van der Waals surface area (Å²) >= 11 is 0. The lowest BCUT2D eigenvalue weighted by molar-refractivity contribution is -0.384. The maximum atomic E-state index is 10.7. The van der Waals surface area contributed by atoms with Crippen LogP contribution in [0, 0.1) is 10.1 Å². The van der Waals surface area contributed by atoms with Crippen LogP contribution in [0.2, 0.25) is 0 Å². The van der Waals surface area contributed by atoms with E-state index in [0.29, 0.717) is 17.1 Å². The molecule has 6 heteroatoms. The van der Waals surface area contributed by atoms with E-state index < -0.39 is 4.92 Å². The summed E-state index contributed by atoms with van der Waals surface area (Å²) in [4.78, 5) is 14.5. The molecule has 1 saturated carbocycles. The number of benzene rings is 1. The fourth-order valence-electron chi connectivity index (χ4n) is 2.17. The Kier molecular flexibility index (Phi) is 2.26. The summed E-state index contributed by atoms with van der Waals surface area (Å²) in [5, 5.41) is 13.9. The van der Waals surface area contributed by atoms with E-state index in [1.807, 2.05) is 0 Å².